The molecule has 0 radical (unpaired) electrons. The van der Waals surface area contributed by atoms with Crippen molar-refractivity contribution >= 4 is 11.4 Å². The van der Waals surface area contributed by atoms with Gasteiger partial charge in [0, 0.05) is 0 Å². The molecule has 1 N–H and O–H groups in total. The molecule has 0 bridgehead atoms. The van der Waals surface area contributed by atoms with E-state index in [4.69, 9.17) is 4.74 Å². The van der Waals surface area contributed by atoms with Crippen LogP contribution < -0.4 is 10.4 Å². The first-order valence-corrected chi connectivity index (χ1v) is 6.66. The van der Waals surface area contributed by atoms with Crippen LogP contribution in [0.25, 0.3) is 0 Å². The molecular formula is C16H13N3O3. The molecule has 0 aliphatic rings. The SMILES string of the molecule is Cc1[nH]oc(=O)c1N=Nc1ccccc1Oc1ccccc1. The van der Waals surface area contributed by atoms with Crippen LogP contribution >= 0.6 is 0 Å². The monoisotopic (exact) mass is 295 g/mol. The van der Waals surface area contributed by atoms with Crippen molar-refractivity contribution in [3.63, 3.8) is 0 Å². The lowest BCUT2D eigenvalue weighted by molar-refractivity contribution is 0.388. The Morgan fingerprint density at radius 1 is 1.00 bits per heavy atom. The van der Waals surface area contributed by atoms with E-state index in [1.807, 2.05) is 42.5 Å². The molecule has 1 heterocycles. The lowest BCUT2D eigenvalue weighted by Gasteiger charge is -2.07. The maximum absolute atomic E-state index is 11.5. The topological polar surface area (TPSA) is 80.0 Å². The van der Waals surface area contributed by atoms with Crippen LogP contribution in [-0.2, 0) is 0 Å². The van der Waals surface area contributed by atoms with Gasteiger partial charge in [0.05, 0.1) is 5.69 Å². The number of aryl methyl sites for hydroxylation is 1. The maximum Gasteiger partial charge on any atom is 0.384 e. The predicted octanol–water partition coefficient (Wildman–Crippen LogP) is 4.48. The number of rotatable bonds is 4. The Morgan fingerprint density at radius 2 is 1.73 bits per heavy atom. The Hall–Kier alpha value is -3.15. The second-order valence-electron chi connectivity index (χ2n) is 4.55. The van der Waals surface area contributed by atoms with Crippen molar-refractivity contribution in [2.75, 3.05) is 0 Å². The van der Waals surface area contributed by atoms with Gasteiger partial charge in [-0.1, -0.05) is 30.3 Å². The molecule has 6 heteroatoms. The van der Waals surface area contributed by atoms with E-state index in [1.165, 1.54) is 0 Å². The van der Waals surface area contributed by atoms with E-state index in [0.29, 0.717) is 22.9 Å². The summed E-state index contributed by atoms with van der Waals surface area (Å²) < 4.78 is 10.4. The molecule has 0 unspecified atom stereocenters. The first-order chi connectivity index (χ1) is 10.7. The Balaban J connectivity index is 1.90. The summed E-state index contributed by atoms with van der Waals surface area (Å²) in [6.45, 7) is 1.69. The van der Waals surface area contributed by atoms with E-state index < -0.39 is 5.63 Å². The van der Waals surface area contributed by atoms with E-state index in [1.54, 1.807) is 19.1 Å². The van der Waals surface area contributed by atoms with E-state index in [2.05, 4.69) is 19.9 Å². The van der Waals surface area contributed by atoms with Crippen molar-refractivity contribution in [2.24, 2.45) is 10.2 Å². The quantitative estimate of drug-likeness (QED) is 0.720. The highest BCUT2D eigenvalue weighted by Gasteiger charge is 2.08. The van der Waals surface area contributed by atoms with Crippen molar-refractivity contribution in [3.8, 4) is 11.5 Å². The lowest BCUT2D eigenvalue weighted by Crippen LogP contribution is -1.89. The Morgan fingerprint density at radius 3 is 2.45 bits per heavy atom. The number of azo groups is 1. The minimum absolute atomic E-state index is 0.148. The van der Waals surface area contributed by atoms with Crippen LogP contribution in [0.5, 0.6) is 11.5 Å². The summed E-state index contributed by atoms with van der Waals surface area (Å²) in [5.41, 5.74) is 0.638. The van der Waals surface area contributed by atoms with Gasteiger partial charge in [0.25, 0.3) is 0 Å². The first-order valence-electron chi connectivity index (χ1n) is 6.66. The van der Waals surface area contributed by atoms with E-state index in [9.17, 15) is 4.79 Å². The smallest absolute Gasteiger partial charge is 0.384 e. The molecule has 0 spiro atoms. The van der Waals surface area contributed by atoms with Crippen LogP contribution in [0.3, 0.4) is 0 Å². The zero-order chi connectivity index (χ0) is 15.4. The summed E-state index contributed by atoms with van der Waals surface area (Å²) in [7, 11) is 0. The van der Waals surface area contributed by atoms with Crippen LogP contribution in [0, 0.1) is 6.92 Å². The zero-order valence-corrected chi connectivity index (χ0v) is 11.8. The van der Waals surface area contributed by atoms with Crippen molar-refractivity contribution in [1.82, 2.24) is 5.16 Å². The molecule has 3 aromatic rings. The maximum atomic E-state index is 11.5. The molecule has 22 heavy (non-hydrogen) atoms. The number of hydrogen-bond acceptors (Lipinski definition) is 5. The van der Waals surface area contributed by atoms with Crippen LogP contribution in [0.4, 0.5) is 11.4 Å². The third-order valence-corrected chi connectivity index (χ3v) is 2.94. The Bertz CT molecular complexity index is 850. The molecular weight excluding hydrogens is 282 g/mol. The number of aromatic amines is 1. The number of nitrogens with one attached hydrogen (secondary N) is 1. The van der Waals surface area contributed by atoms with Crippen molar-refractivity contribution in [1.29, 1.82) is 0 Å². The van der Waals surface area contributed by atoms with Crippen molar-refractivity contribution in [3.05, 3.63) is 70.7 Å². The van der Waals surface area contributed by atoms with Gasteiger partial charge in [-0.3, -0.25) is 0 Å². The van der Waals surface area contributed by atoms with Crippen LogP contribution in [0.1, 0.15) is 5.69 Å². The van der Waals surface area contributed by atoms with Crippen LogP contribution in [0.2, 0.25) is 0 Å². The molecule has 0 atom stereocenters. The second-order valence-corrected chi connectivity index (χ2v) is 4.55. The molecule has 1 aromatic heterocycles. The third kappa shape index (κ3) is 2.95. The van der Waals surface area contributed by atoms with Gasteiger partial charge in [-0.2, -0.15) is 0 Å². The zero-order valence-electron chi connectivity index (χ0n) is 11.8. The summed E-state index contributed by atoms with van der Waals surface area (Å²) in [5, 5.41) is 10.5. The normalized spacial score (nSPS) is 11.0. The standard InChI is InChI=1S/C16H13N3O3/c1-11-15(16(20)22-19-11)18-17-13-9-5-6-10-14(13)21-12-7-3-2-4-8-12/h2-10,19H,1H3. The van der Waals surface area contributed by atoms with Gasteiger partial charge < -0.3 is 9.26 Å². The number of benzene rings is 2. The minimum Gasteiger partial charge on any atom is -0.455 e. The fourth-order valence-electron chi connectivity index (χ4n) is 1.83. The average Bonchev–Trinajstić information content (AvgIpc) is 2.86. The van der Waals surface area contributed by atoms with Gasteiger partial charge in [-0.05, 0) is 31.2 Å². The summed E-state index contributed by atoms with van der Waals surface area (Å²) in [5.74, 6) is 1.25. The van der Waals surface area contributed by atoms with Crippen LogP contribution in [-0.4, -0.2) is 5.16 Å². The molecule has 2 aromatic carbocycles. The van der Waals surface area contributed by atoms with E-state index in [-0.39, 0.29) is 5.69 Å². The number of nitrogens with zero attached hydrogens (tertiary/aromatic N) is 2. The molecule has 0 saturated heterocycles. The summed E-state index contributed by atoms with van der Waals surface area (Å²) in [4.78, 5) is 11.5. The van der Waals surface area contributed by atoms with Gasteiger partial charge in [0.15, 0.2) is 11.4 Å². The van der Waals surface area contributed by atoms with E-state index in [0.717, 1.165) is 0 Å². The summed E-state index contributed by atoms with van der Waals surface area (Å²) in [6.07, 6.45) is 0. The molecule has 110 valence electrons. The molecule has 0 saturated carbocycles. The largest absolute Gasteiger partial charge is 0.455 e. The number of aromatic nitrogens is 1. The highest BCUT2D eigenvalue weighted by molar-refractivity contribution is 5.53. The Kier molecular flexibility index (Phi) is 3.82. The third-order valence-electron chi connectivity index (χ3n) is 2.94. The summed E-state index contributed by atoms with van der Waals surface area (Å²) >= 11 is 0. The number of ether oxygens (including phenoxy) is 1. The average molecular weight is 295 g/mol. The second kappa shape index (κ2) is 6.09. The highest BCUT2D eigenvalue weighted by atomic mass is 16.5. The van der Waals surface area contributed by atoms with Gasteiger partial charge in [-0.15, -0.1) is 10.2 Å². The lowest BCUT2D eigenvalue weighted by atomic mass is 10.3. The van der Waals surface area contributed by atoms with E-state index >= 15 is 0 Å². The Labute approximate surface area is 126 Å². The minimum atomic E-state index is -0.553. The fourth-order valence-corrected chi connectivity index (χ4v) is 1.83. The summed E-state index contributed by atoms with van der Waals surface area (Å²) in [6, 6.07) is 16.6. The molecule has 0 amide bonds. The highest BCUT2D eigenvalue weighted by Crippen LogP contribution is 2.32. The van der Waals surface area contributed by atoms with Gasteiger partial charge in [0.1, 0.15) is 11.4 Å². The number of H-pyrrole nitrogens is 1. The predicted molar refractivity (Wildman–Crippen MR) is 81.2 cm³/mol. The van der Waals surface area contributed by atoms with Gasteiger partial charge >= 0.3 is 5.63 Å². The molecule has 6 nitrogen and oxygen atoms in total. The number of para-hydroxylation sites is 2. The van der Waals surface area contributed by atoms with Gasteiger partial charge in [-0.25, -0.2) is 9.95 Å². The van der Waals surface area contributed by atoms with Crippen molar-refractivity contribution < 1.29 is 9.26 Å². The molecule has 3 rings (SSSR count). The fraction of sp³-hybridized carbons (Fsp3) is 0.0625. The van der Waals surface area contributed by atoms with Gasteiger partial charge in [0.2, 0.25) is 0 Å². The number of hydrogen-bond donors (Lipinski definition) is 1. The molecule has 0 fully saturated rings. The van der Waals surface area contributed by atoms with Crippen molar-refractivity contribution in [2.45, 2.75) is 6.92 Å². The first kappa shape index (κ1) is 13.8. The molecule has 0 aliphatic heterocycles. The van der Waals surface area contributed by atoms with Crippen LogP contribution in [0.15, 0.2) is 74.1 Å². The molecule has 0 aliphatic carbocycles.